The van der Waals surface area contributed by atoms with E-state index >= 15 is 0 Å². The maximum absolute atomic E-state index is 13.2. The van der Waals surface area contributed by atoms with Gasteiger partial charge in [-0.3, -0.25) is 4.79 Å². The summed E-state index contributed by atoms with van der Waals surface area (Å²) in [5.41, 5.74) is -0.775. The van der Waals surface area contributed by atoms with Crippen LogP contribution in [0, 0.1) is 5.92 Å². The molecule has 13 heteroatoms. The van der Waals surface area contributed by atoms with E-state index in [2.05, 4.69) is 16.0 Å². The van der Waals surface area contributed by atoms with E-state index in [-0.39, 0.29) is 17.9 Å². The first-order valence-electron chi connectivity index (χ1n) is 11.2. The van der Waals surface area contributed by atoms with Gasteiger partial charge in [0.05, 0.1) is 24.1 Å². The summed E-state index contributed by atoms with van der Waals surface area (Å²) in [5.74, 6) is -0.435. The number of hydrogen-bond donors (Lipinski definition) is 6. The van der Waals surface area contributed by atoms with Crippen molar-refractivity contribution < 1.29 is 34.4 Å². The van der Waals surface area contributed by atoms with Gasteiger partial charge in [-0.15, -0.1) is 23.4 Å². The molecule has 0 bridgehead atoms. The van der Waals surface area contributed by atoms with Gasteiger partial charge in [0.15, 0.2) is 0 Å². The predicted molar refractivity (Wildman–Crippen MR) is 123 cm³/mol. The normalized spacial score (nSPS) is 38.7. The number of fused-ring (bicyclic) bond motifs is 1. The first-order valence-corrected chi connectivity index (χ1v) is 13.0. The quantitative estimate of drug-likeness (QED) is 0.229. The Morgan fingerprint density at radius 2 is 2.00 bits per heavy atom. The molecule has 11 nitrogen and oxygen atoms in total. The number of amides is 3. The number of halogens is 1. The van der Waals surface area contributed by atoms with E-state index in [9.17, 15) is 24.9 Å². The molecule has 0 spiro atoms. The minimum atomic E-state index is -1.43. The van der Waals surface area contributed by atoms with E-state index in [1.165, 1.54) is 11.8 Å². The second-order valence-electron chi connectivity index (χ2n) is 8.65. The van der Waals surface area contributed by atoms with Crippen molar-refractivity contribution in [2.75, 3.05) is 39.0 Å². The van der Waals surface area contributed by atoms with Crippen LogP contribution in [-0.2, 0) is 14.3 Å². The molecule has 3 aliphatic heterocycles. The Morgan fingerprint density at radius 1 is 1.27 bits per heavy atom. The fourth-order valence-electron chi connectivity index (χ4n) is 4.62. The van der Waals surface area contributed by atoms with Crippen LogP contribution in [0.1, 0.15) is 13.8 Å². The van der Waals surface area contributed by atoms with Gasteiger partial charge in [0.2, 0.25) is 5.91 Å². The third kappa shape index (κ3) is 5.87. The van der Waals surface area contributed by atoms with Crippen LogP contribution in [0.4, 0.5) is 4.79 Å². The molecule has 3 saturated heterocycles. The van der Waals surface area contributed by atoms with E-state index < -0.39 is 53.4 Å². The van der Waals surface area contributed by atoms with Crippen LogP contribution in [-0.4, -0.2) is 125 Å². The predicted octanol–water partition coefficient (Wildman–Crippen LogP) is -1.71. The molecule has 3 fully saturated rings. The Hall–Kier alpha value is -0.860. The minimum absolute atomic E-state index is 0.0629. The highest BCUT2D eigenvalue weighted by Gasteiger charge is 2.49. The van der Waals surface area contributed by atoms with Gasteiger partial charge < -0.3 is 45.6 Å². The lowest BCUT2D eigenvalue weighted by Gasteiger charge is -2.44. The molecule has 10 atom stereocenters. The number of aliphatic hydroxyl groups excluding tert-OH is 3. The summed E-state index contributed by atoms with van der Waals surface area (Å²) in [6.07, 6.45) is -3.87. The maximum Gasteiger partial charge on any atom is 0.317 e. The number of carbonyl (C=O) groups excluding carboxylic acids is 2. The minimum Gasteiger partial charge on any atom is -0.388 e. The summed E-state index contributed by atoms with van der Waals surface area (Å²) in [7, 11) is 0. The number of aliphatic hydroxyl groups is 3. The third-order valence-corrected chi connectivity index (χ3v) is 7.54. The molecule has 3 unspecified atom stereocenters. The number of hydrogen-bond acceptors (Lipinski definition) is 9. The molecular weight excluding hydrogens is 476 g/mol. The molecule has 6 N–H and O–H groups in total. The largest absolute Gasteiger partial charge is 0.388 e. The third-order valence-electron chi connectivity index (χ3n) is 6.41. The van der Waals surface area contributed by atoms with Gasteiger partial charge in [0.25, 0.3) is 0 Å². The van der Waals surface area contributed by atoms with E-state index in [0.29, 0.717) is 32.8 Å². The van der Waals surface area contributed by atoms with Crippen molar-refractivity contribution >= 4 is 35.3 Å². The molecule has 0 saturated carbocycles. The first-order chi connectivity index (χ1) is 15.7. The van der Waals surface area contributed by atoms with Gasteiger partial charge in [-0.2, -0.15) is 0 Å². The number of nitrogens with one attached hydrogen (secondary N) is 3. The average molecular weight is 511 g/mol. The van der Waals surface area contributed by atoms with Crippen LogP contribution in [0.3, 0.4) is 0 Å². The maximum atomic E-state index is 13.2. The number of thioether (sulfide) groups is 1. The van der Waals surface area contributed by atoms with Gasteiger partial charge in [-0.25, -0.2) is 4.79 Å². The van der Waals surface area contributed by atoms with Gasteiger partial charge >= 0.3 is 6.03 Å². The Bertz CT molecular complexity index is 691. The highest BCUT2D eigenvalue weighted by atomic mass is 35.5. The molecule has 3 aliphatic rings. The molecule has 0 radical (unpaired) electrons. The number of carbonyl (C=O) groups is 2. The van der Waals surface area contributed by atoms with E-state index in [0.717, 1.165) is 0 Å². The zero-order valence-electron chi connectivity index (χ0n) is 19.0. The van der Waals surface area contributed by atoms with Crippen molar-refractivity contribution in [2.45, 2.75) is 67.3 Å². The molecule has 0 aromatic heterocycles. The van der Waals surface area contributed by atoms with Crippen molar-refractivity contribution in [2.24, 2.45) is 5.92 Å². The van der Waals surface area contributed by atoms with Gasteiger partial charge in [-0.1, -0.05) is 0 Å². The summed E-state index contributed by atoms with van der Waals surface area (Å²) < 4.78 is 11.8. The molecule has 3 heterocycles. The lowest BCUT2D eigenvalue weighted by molar-refractivity contribution is -0.205. The van der Waals surface area contributed by atoms with Crippen LogP contribution in [0.2, 0.25) is 0 Å². The number of nitrogens with zero attached hydrogens (tertiary/aromatic N) is 1. The van der Waals surface area contributed by atoms with Crippen molar-refractivity contribution in [3.8, 4) is 0 Å². The van der Waals surface area contributed by atoms with Gasteiger partial charge in [0.1, 0.15) is 35.9 Å². The Kier molecular flexibility index (Phi) is 9.49. The highest BCUT2D eigenvalue weighted by Crippen LogP contribution is 2.30. The molecule has 3 rings (SSSR count). The van der Waals surface area contributed by atoms with Crippen molar-refractivity contribution in [3.05, 3.63) is 0 Å². The Morgan fingerprint density at radius 3 is 2.64 bits per heavy atom. The van der Waals surface area contributed by atoms with E-state index in [1.54, 1.807) is 18.1 Å². The summed E-state index contributed by atoms with van der Waals surface area (Å²) in [5, 5.41) is 39.1. The SMILES string of the molecule is CCNC(=O)N1CCO[C@@H]2[C@H](CN[C@@H]2C(=O)N[C@H]([C@H](C)Cl)[C@H]2OC(SC)[C@H](O)C(O)C2O)C1. The fraction of sp³-hybridized carbons (Fsp3) is 0.900. The number of ether oxygens (including phenoxy) is 2. The van der Waals surface area contributed by atoms with Crippen molar-refractivity contribution in [1.29, 1.82) is 0 Å². The molecule has 0 aromatic rings. The topological polar surface area (TPSA) is 153 Å². The molecule has 3 amide bonds. The number of urea groups is 1. The van der Waals surface area contributed by atoms with Crippen molar-refractivity contribution in [3.63, 3.8) is 0 Å². The molecule has 190 valence electrons. The second-order valence-corrected chi connectivity index (χ2v) is 10.3. The molecule has 0 aliphatic carbocycles. The smallest absolute Gasteiger partial charge is 0.317 e. The fourth-order valence-corrected chi connectivity index (χ4v) is 5.51. The standard InChI is InChI=1S/C20H35ClN4O7S/c1-4-22-20(30)25-5-6-31-16-10(8-25)7-23-12(16)18(29)24-11(9(2)21)17-14(27)13(26)15(28)19(32-17)33-3/h9-17,19,23,26-28H,4-8H2,1-3H3,(H,22,30)(H,24,29)/t9-,10+,11+,12-,13?,14?,15+,16+,17+,19?/m0/s1. The van der Waals surface area contributed by atoms with Crippen LogP contribution >= 0.6 is 23.4 Å². The summed E-state index contributed by atoms with van der Waals surface area (Å²) in [4.78, 5) is 27.2. The summed E-state index contributed by atoms with van der Waals surface area (Å²) in [6, 6.07) is -1.66. The van der Waals surface area contributed by atoms with E-state index in [1.807, 2.05) is 6.92 Å². The monoisotopic (exact) mass is 510 g/mol. The second kappa shape index (κ2) is 11.7. The van der Waals surface area contributed by atoms with Crippen LogP contribution < -0.4 is 16.0 Å². The lowest BCUT2D eigenvalue weighted by Crippen LogP contribution is -2.65. The van der Waals surface area contributed by atoms with Crippen molar-refractivity contribution in [1.82, 2.24) is 20.9 Å². The molecule has 33 heavy (non-hydrogen) atoms. The van der Waals surface area contributed by atoms with Crippen LogP contribution in [0.15, 0.2) is 0 Å². The molecule has 0 aromatic carbocycles. The summed E-state index contributed by atoms with van der Waals surface area (Å²) in [6.45, 7) is 5.76. The first kappa shape index (κ1) is 26.7. The lowest BCUT2D eigenvalue weighted by atomic mass is 9.92. The Balaban J connectivity index is 1.68. The van der Waals surface area contributed by atoms with E-state index in [4.69, 9.17) is 21.1 Å². The number of rotatable bonds is 6. The zero-order chi connectivity index (χ0) is 24.3. The zero-order valence-corrected chi connectivity index (χ0v) is 20.6. The van der Waals surface area contributed by atoms with Gasteiger partial charge in [0, 0.05) is 32.1 Å². The molecular formula is C20H35ClN4O7S. The van der Waals surface area contributed by atoms with Crippen LogP contribution in [0.5, 0.6) is 0 Å². The summed E-state index contributed by atoms with van der Waals surface area (Å²) >= 11 is 7.55. The Labute approximate surface area is 202 Å². The average Bonchev–Trinajstić information content (AvgIpc) is 3.06. The highest BCUT2D eigenvalue weighted by molar-refractivity contribution is 7.99. The van der Waals surface area contributed by atoms with Gasteiger partial charge in [-0.05, 0) is 20.1 Å². The van der Waals surface area contributed by atoms with Crippen LogP contribution in [0.25, 0.3) is 0 Å². The number of alkyl halides is 1.